The first-order valence-corrected chi connectivity index (χ1v) is 7.86. The summed E-state index contributed by atoms with van der Waals surface area (Å²) in [5, 5.41) is 13.4. The molecule has 2 N–H and O–H groups in total. The van der Waals surface area contributed by atoms with Gasteiger partial charge in [0.2, 0.25) is 0 Å². The van der Waals surface area contributed by atoms with Gasteiger partial charge in [-0.05, 0) is 36.6 Å². The van der Waals surface area contributed by atoms with E-state index < -0.39 is 11.9 Å². The molecule has 1 aliphatic carbocycles. The van der Waals surface area contributed by atoms with Crippen LogP contribution in [0.4, 0.5) is 4.39 Å². The second-order valence-electron chi connectivity index (χ2n) is 5.98. The van der Waals surface area contributed by atoms with Gasteiger partial charge in [-0.1, -0.05) is 41.9 Å². The third-order valence-electron chi connectivity index (χ3n) is 4.36. The van der Waals surface area contributed by atoms with E-state index in [1.54, 1.807) is 0 Å². The van der Waals surface area contributed by atoms with E-state index >= 15 is 0 Å². The molecule has 1 atom stereocenters. The van der Waals surface area contributed by atoms with E-state index in [0.29, 0.717) is 6.54 Å². The molecule has 0 radical (unpaired) electrons. The second-order valence-corrected chi connectivity index (χ2v) is 6.39. The molecule has 0 spiro atoms. The summed E-state index contributed by atoms with van der Waals surface area (Å²) in [6.45, 7) is 0.357. The number of carbonyl (C=O) groups is 1. The maximum absolute atomic E-state index is 13.0. The Hall–Kier alpha value is -1.91. The topological polar surface area (TPSA) is 49.3 Å². The van der Waals surface area contributed by atoms with E-state index in [9.17, 15) is 14.3 Å². The van der Waals surface area contributed by atoms with E-state index in [1.807, 2.05) is 30.3 Å². The lowest BCUT2D eigenvalue weighted by Crippen LogP contribution is -2.33. The third kappa shape index (κ3) is 3.38. The highest BCUT2D eigenvalue weighted by molar-refractivity contribution is 6.33. The Morgan fingerprint density at radius 1 is 1.26 bits per heavy atom. The van der Waals surface area contributed by atoms with E-state index in [1.165, 1.54) is 12.1 Å². The normalized spacial score (nSPS) is 16.7. The predicted octanol–water partition coefficient (Wildman–Crippen LogP) is 3.72. The Kier molecular flexibility index (Phi) is 4.37. The molecular weight excluding hydrogens is 317 g/mol. The Morgan fingerprint density at radius 2 is 1.96 bits per heavy atom. The molecule has 0 bridgehead atoms. The van der Waals surface area contributed by atoms with Crippen molar-refractivity contribution in [3.8, 4) is 0 Å². The molecule has 3 nitrogen and oxygen atoms in total. The molecule has 23 heavy (non-hydrogen) atoms. The van der Waals surface area contributed by atoms with E-state index in [0.717, 1.165) is 24.5 Å². The lowest BCUT2D eigenvalue weighted by atomic mass is 9.92. The van der Waals surface area contributed by atoms with Crippen molar-refractivity contribution in [3.63, 3.8) is 0 Å². The predicted molar refractivity (Wildman–Crippen MR) is 86.8 cm³/mol. The molecule has 5 heteroatoms. The number of carbonyl (C=O) groups excluding carboxylic acids is 1. The largest absolute Gasteiger partial charge is 0.388 e. The van der Waals surface area contributed by atoms with Crippen LogP contribution in [-0.4, -0.2) is 17.6 Å². The van der Waals surface area contributed by atoms with Crippen LogP contribution in [-0.2, 0) is 0 Å². The van der Waals surface area contributed by atoms with Gasteiger partial charge in [0, 0.05) is 12.0 Å². The Bertz CT molecular complexity index is 716. The lowest BCUT2D eigenvalue weighted by molar-refractivity contribution is 0.0808. The molecule has 3 rings (SSSR count). The van der Waals surface area contributed by atoms with Gasteiger partial charge in [-0.25, -0.2) is 4.39 Å². The van der Waals surface area contributed by atoms with Crippen LogP contribution >= 0.6 is 11.6 Å². The molecule has 0 heterocycles. The van der Waals surface area contributed by atoms with Crippen molar-refractivity contribution in [1.29, 1.82) is 0 Å². The molecule has 0 aliphatic heterocycles. The minimum absolute atomic E-state index is 0.0796. The van der Waals surface area contributed by atoms with Crippen molar-refractivity contribution >= 4 is 17.5 Å². The van der Waals surface area contributed by atoms with Crippen molar-refractivity contribution in [3.05, 3.63) is 70.5 Å². The fourth-order valence-electron chi connectivity index (χ4n) is 2.72. The smallest absolute Gasteiger partial charge is 0.252 e. The van der Waals surface area contributed by atoms with Crippen LogP contribution < -0.4 is 5.32 Å². The molecule has 2 aromatic rings. The van der Waals surface area contributed by atoms with Crippen molar-refractivity contribution < 1.29 is 14.3 Å². The molecule has 1 saturated carbocycles. The quantitative estimate of drug-likeness (QED) is 0.876. The van der Waals surface area contributed by atoms with Crippen LogP contribution in [0.3, 0.4) is 0 Å². The Morgan fingerprint density at radius 3 is 2.57 bits per heavy atom. The molecule has 120 valence electrons. The van der Waals surface area contributed by atoms with Crippen LogP contribution in [0.25, 0.3) is 0 Å². The van der Waals surface area contributed by atoms with Gasteiger partial charge in [0.25, 0.3) is 5.91 Å². The number of benzene rings is 2. The minimum atomic E-state index is -0.618. The van der Waals surface area contributed by atoms with Gasteiger partial charge in [-0.2, -0.15) is 0 Å². The Balaban J connectivity index is 1.67. The zero-order valence-corrected chi connectivity index (χ0v) is 13.2. The average Bonchev–Trinajstić information content (AvgIpc) is 3.34. The highest BCUT2D eigenvalue weighted by Gasteiger charge is 2.49. The number of halogens is 2. The van der Waals surface area contributed by atoms with Crippen LogP contribution in [0, 0.1) is 11.2 Å². The molecule has 2 aromatic carbocycles. The number of hydrogen-bond donors (Lipinski definition) is 2. The summed E-state index contributed by atoms with van der Waals surface area (Å²) in [6, 6.07) is 13.1. The van der Waals surface area contributed by atoms with Crippen LogP contribution in [0.15, 0.2) is 48.5 Å². The molecule has 0 unspecified atom stereocenters. The van der Waals surface area contributed by atoms with Crippen LogP contribution in [0.1, 0.15) is 34.9 Å². The van der Waals surface area contributed by atoms with Gasteiger partial charge >= 0.3 is 0 Å². The summed E-state index contributed by atoms with van der Waals surface area (Å²) >= 11 is 5.90. The molecule has 1 amide bonds. The first-order valence-electron chi connectivity index (χ1n) is 7.48. The van der Waals surface area contributed by atoms with Gasteiger partial charge < -0.3 is 10.4 Å². The van der Waals surface area contributed by atoms with Gasteiger partial charge in [0.05, 0.1) is 16.7 Å². The highest BCUT2D eigenvalue weighted by Crippen LogP contribution is 2.54. The monoisotopic (exact) mass is 333 g/mol. The number of aliphatic hydroxyl groups is 1. The molecule has 0 saturated heterocycles. The number of hydrogen-bond acceptors (Lipinski definition) is 2. The zero-order chi connectivity index (χ0) is 16.4. The number of aliphatic hydroxyl groups excluding tert-OH is 1. The van der Waals surface area contributed by atoms with Gasteiger partial charge in [0.1, 0.15) is 5.82 Å². The highest BCUT2D eigenvalue weighted by atomic mass is 35.5. The summed E-state index contributed by atoms with van der Waals surface area (Å²) in [6.07, 6.45) is 1.08. The van der Waals surface area contributed by atoms with Gasteiger partial charge in [-0.15, -0.1) is 0 Å². The van der Waals surface area contributed by atoms with E-state index in [2.05, 4.69) is 5.32 Å². The summed E-state index contributed by atoms with van der Waals surface area (Å²) in [5.74, 6) is -0.841. The van der Waals surface area contributed by atoms with Crippen molar-refractivity contribution in [2.75, 3.05) is 6.54 Å². The number of amides is 1. The van der Waals surface area contributed by atoms with Crippen LogP contribution in [0.5, 0.6) is 0 Å². The van der Waals surface area contributed by atoms with E-state index in [-0.39, 0.29) is 21.9 Å². The minimum Gasteiger partial charge on any atom is -0.388 e. The van der Waals surface area contributed by atoms with Gasteiger partial charge in [-0.3, -0.25) is 4.79 Å². The fraction of sp³-hybridized carbons (Fsp3) is 0.278. The summed E-state index contributed by atoms with van der Waals surface area (Å²) in [5.41, 5.74) is 0.751. The van der Waals surface area contributed by atoms with Crippen LogP contribution in [0.2, 0.25) is 5.02 Å². The SMILES string of the molecule is O=C(NCC1([C@H](O)c2ccccc2)CC1)c1ccc(F)cc1Cl. The maximum atomic E-state index is 13.0. The van der Waals surface area contributed by atoms with E-state index in [4.69, 9.17) is 11.6 Å². The summed E-state index contributed by atoms with van der Waals surface area (Å²) < 4.78 is 13.0. The molecule has 1 fully saturated rings. The van der Waals surface area contributed by atoms with Crippen molar-refractivity contribution in [2.24, 2.45) is 5.41 Å². The third-order valence-corrected chi connectivity index (χ3v) is 4.68. The first-order chi connectivity index (χ1) is 11.0. The van der Waals surface area contributed by atoms with Gasteiger partial charge in [0.15, 0.2) is 0 Å². The maximum Gasteiger partial charge on any atom is 0.252 e. The molecule has 0 aromatic heterocycles. The number of nitrogens with one attached hydrogen (secondary N) is 1. The first kappa shape index (κ1) is 16.0. The zero-order valence-electron chi connectivity index (χ0n) is 12.4. The lowest BCUT2D eigenvalue weighted by Gasteiger charge is -2.23. The Labute approximate surface area is 139 Å². The molecular formula is C18H17ClFNO2. The fourth-order valence-corrected chi connectivity index (χ4v) is 2.97. The number of rotatable bonds is 5. The molecule has 1 aliphatic rings. The standard InChI is InChI=1S/C18H17ClFNO2/c19-15-10-13(20)6-7-14(15)17(23)21-11-18(8-9-18)16(22)12-4-2-1-3-5-12/h1-7,10,16,22H,8-9,11H2,(H,21,23)/t16-/m1/s1. The van der Waals surface area contributed by atoms with Crippen molar-refractivity contribution in [1.82, 2.24) is 5.32 Å². The van der Waals surface area contributed by atoms with Crippen molar-refractivity contribution in [2.45, 2.75) is 18.9 Å². The second kappa shape index (κ2) is 6.30. The average molecular weight is 334 g/mol. The summed E-state index contributed by atoms with van der Waals surface area (Å²) in [7, 11) is 0. The summed E-state index contributed by atoms with van der Waals surface area (Å²) in [4.78, 5) is 12.2.